The Morgan fingerprint density at radius 2 is 1.95 bits per heavy atom. The molecule has 3 aromatic heterocycles. The zero-order chi connectivity index (χ0) is 28.5. The van der Waals surface area contributed by atoms with Gasteiger partial charge in [0.2, 0.25) is 5.91 Å². The van der Waals surface area contributed by atoms with Crippen molar-refractivity contribution in [1.82, 2.24) is 25.1 Å². The Bertz CT molecular complexity index is 1570. The van der Waals surface area contributed by atoms with Gasteiger partial charge >= 0.3 is 0 Å². The van der Waals surface area contributed by atoms with Crippen LogP contribution < -0.4 is 10.2 Å². The van der Waals surface area contributed by atoms with Gasteiger partial charge in [0, 0.05) is 43.2 Å². The minimum atomic E-state index is -0.863. The number of carbonyl (C=O) groups excluding carboxylic acids is 2. The Morgan fingerprint density at radius 3 is 2.62 bits per heavy atom. The molecule has 12 heteroatoms. The Balaban J connectivity index is 1.64. The van der Waals surface area contributed by atoms with Crippen molar-refractivity contribution >= 4 is 29.1 Å². The first-order valence-corrected chi connectivity index (χ1v) is 12.2. The molecule has 3 aromatic rings. The van der Waals surface area contributed by atoms with Crippen molar-refractivity contribution in [2.45, 2.75) is 46.8 Å². The topological polar surface area (TPSA) is 102 Å². The van der Waals surface area contributed by atoms with Gasteiger partial charge in [0.05, 0.1) is 23.1 Å². The lowest BCUT2D eigenvalue weighted by Crippen LogP contribution is -2.40. The van der Waals surface area contributed by atoms with Crippen LogP contribution in [0.4, 0.5) is 14.5 Å². The maximum Gasteiger partial charge on any atom is 0.217 e. The van der Waals surface area contributed by atoms with Crippen LogP contribution in [0.1, 0.15) is 44.6 Å². The third kappa shape index (κ3) is 5.74. The smallest absolute Gasteiger partial charge is 0.217 e. The first-order chi connectivity index (χ1) is 18.4. The third-order valence-corrected chi connectivity index (χ3v) is 6.30. The van der Waals surface area contributed by atoms with Crippen LogP contribution in [-0.4, -0.2) is 31.6 Å². The number of nitrogens with zero attached hydrogens (tertiary/aromatic N) is 5. The highest BCUT2D eigenvalue weighted by molar-refractivity contribution is 6.33. The van der Waals surface area contributed by atoms with Crippen LogP contribution >= 0.6 is 11.6 Å². The van der Waals surface area contributed by atoms with Crippen molar-refractivity contribution < 1.29 is 23.1 Å². The van der Waals surface area contributed by atoms with E-state index in [1.54, 1.807) is 47.1 Å². The lowest BCUT2D eigenvalue weighted by Gasteiger charge is -2.31. The Morgan fingerprint density at radius 1 is 1.21 bits per heavy atom. The number of allylic oxidation sites excluding steroid dienone is 3. The first kappa shape index (κ1) is 27.7. The molecule has 1 aliphatic heterocycles. The normalized spacial score (nSPS) is 13.8. The van der Waals surface area contributed by atoms with Crippen molar-refractivity contribution in [3.8, 4) is 5.82 Å². The molecule has 9 nitrogen and oxygen atoms in total. The second kappa shape index (κ2) is 10.8. The molecule has 202 valence electrons. The second-order valence-electron chi connectivity index (χ2n) is 9.40. The summed E-state index contributed by atoms with van der Waals surface area (Å²) in [6.45, 7) is 8.35. The number of hydrogen-bond donors (Lipinski definition) is 1. The molecule has 0 radical (unpaired) electrons. The van der Waals surface area contributed by atoms with Crippen LogP contribution in [0.2, 0.25) is 0 Å². The lowest BCUT2D eigenvalue weighted by molar-refractivity contribution is -0.120. The highest BCUT2D eigenvalue weighted by Crippen LogP contribution is 2.37. The highest BCUT2D eigenvalue weighted by Gasteiger charge is 2.29. The molecular weight excluding hydrogens is 530 g/mol. The van der Waals surface area contributed by atoms with Gasteiger partial charge < -0.3 is 15.0 Å². The average Bonchev–Trinajstić information content (AvgIpc) is 3.36. The molecule has 39 heavy (non-hydrogen) atoms. The van der Waals surface area contributed by atoms with E-state index in [0.29, 0.717) is 29.0 Å². The largest absolute Gasteiger partial charge is 0.485 e. The molecule has 0 unspecified atom stereocenters. The summed E-state index contributed by atoms with van der Waals surface area (Å²) in [5.74, 6) is 0.582. The quantitative estimate of drug-likeness (QED) is 0.421. The summed E-state index contributed by atoms with van der Waals surface area (Å²) in [5.41, 5.74) is 1.68. The second-order valence-corrected chi connectivity index (χ2v) is 9.78. The van der Waals surface area contributed by atoms with Gasteiger partial charge in [0.15, 0.2) is 23.3 Å². The molecule has 4 heterocycles. The van der Waals surface area contributed by atoms with Crippen LogP contribution in [0.15, 0.2) is 65.1 Å². The zero-order valence-corrected chi connectivity index (χ0v) is 22.6. The third-order valence-electron chi connectivity index (χ3n) is 5.94. The van der Waals surface area contributed by atoms with E-state index >= 15 is 0 Å². The molecule has 0 bridgehead atoms. The fourth-order valence-corrected chi connectivity index (χ4v) is 4.30. The molecule has 0 saturated heterocycles. The van der Waals surface area contributed by atoms with E-state index in [4.69, 9.17) is 16.3 Å². The highest BCUT2D eigenvalue weighted by atomic mass is 35.5. The predicted molar refractivity (Wildman–Crippen MR) is 140 cm³/mol. The summed E-state index contributed by atoms with van der Waals surface area (Å²) in [5, 5.41) is 7.39. The fourth-order valence-electron chi connectivity index (χ4n) is 4.07. The predicted octanol–water partition coefficient (Wildman–Crippen LogP) is 4.73. The van der Waals surface area contributed by atoms with E-state index in [1.807, 2.05) is 26.7 Å². The summed E-state index contributed by atoms with van der Waals surface area (Å²) in [6.07, 6.45) is 5.82. The standard InChI is InChI=1S/C27H25ClF2N6O3/c1-15-11-32-25(35-7-6-24(34-35)27(4,5)33-17(3)38)10-21(15)36-16(2)8-23(26(28)22(36)13-37)39-14-20-19(30)9-18(29)12-31-20/h6-12H,14H2,1-5H3,(H,33,38). The van der Waals surface area contributed by atoms with E-state index < -0.39 is 17.2 Å². The van der Waals surface area contributed by atoms with Gasteiger partial charge in [0.25, 0.3) is 0 Å². The molecule has 1 amide bonds. The summed E-state index contributed by atoms with van der Waals surface area (Å²) >= 11 is 6.52. The van der Waals surface area contributed by atoms with Crippen molar-refractivity contribution in [3.05, 3.63) is 93.6 Å². The minimum absolute atomic E-state index is 0.0209. The van der Waals surface area contributed by atoms with Crippen molar-refractivity contribution in [3.63, 3.8) is 0 Å². The van der Waals surface area contributed by atoms with Gasteiger partial charge in [-0.25, -0.2) is 23.2 Å². The number of pyridine rings is 2. The number of hydrogen-bond acceptors (Lipinski definition) is 7. The maximum absolute atomic E-state index is 14.0. The van der Waals surface area contributed by atoms with Gasteiger partial charge in [-0.2, -0.15) is 5.10 Å². The number of nitrogens with one attached hydrogen (secondary N) is 1. The fraction of sp³-hybridized carbons (Fsp3) is 0.259. The Hall–Kier alpha value is -4.34. The zero-order valence-electron chi connectivity index (χ0n) is 21.8. The van der Waals surface area contributed by atoms with Crippen LogP contribution in [0.5, 0.6) is 0 Å². The van der Waals surface area contributed by atoms with E-state index in [-0.39, 0.29) is 34.7 Å². The molecule has 0 aromatic carbocycles. The van der Waals surface area contributed by atoms with Crippen molar-refractivity contribution in [2.75, 3.05) is 4.90 Å². The van der Waals surface area contributed by atoms with Crippen molar-refractivity contribution in [2.24, 2.45) is 0 Å². The molecule has 0 saturated carbocycles. The molecule has 1 N–H and O–H groups in total. The van der Waals surface area contributed by atoms with Crippen LogP contribution in [0, 0.1) is 18.6 Å². The number of aromatic nitrogens is 4. The Kier molecular flexibility index (Phi) is 7.67. The molecular formula is C27H25ClF2N6O3. The molecule has 0 spiro atoms. The number of carbonyl (C=O) groups is 1. The number of halogens is 3. The van der Waals surface area contributed by atoms with E-state index in [0.717, 1.165) is 11.8 Å². The van der Waals surface area contributed by atoms with Crippen LogP contribution in [0.3, 0.4) is 0 Å². The minimum Gasteiger partial charge on any atom is -0.485 e. The summed E-state index contributed by atoms with van der Waals surface area (Å²) in [7, 11) is 0. The number of anilines is 1. The van der Waals surface area contributed by atoms with E-state index in [1.165, 1.54) is 6.92 Å². The SMILES string of the molecule is CC(=O)NC(C)(C)c1ccn(-c2cc(N3C(=C=O)C(Cl)=C(OCc4ncc(F)cc4F)C=C3C)c(C)cn2)n1. The number of rotatable bonds is 7. The monoisotopic (exact) mass is 554 g/mol. The first-order valence-electron chi connectivity index (χ1n) is 11.8. The summed E-state index contributed by atoms with van der Waals surface area (Å²) in [6, 6.07) is 4.22. The Labute approximate surface area is 228 Å². The lowest BCUT2D eigenvalue weighted by atomic mass is 10.0. The van der Waals surface area contributed by atoms with Gasteiger partial charge in [-0.15, -0.1) is 0 Å². The molecule has 0 atom stereocenters. The average molecular weight is 555 g/mol. The summed E-state index contributed by atoms with van der Waals surface area (Å²) < 4.78 is 34.4. The summed E-state index contributed by atoms with van der Waals surface area (Å²) in [4.78, 5) is 33.4. The van der Waals surface area contributed by atoms with E-state index in [2.05, 4.69) is 20.4 Å². The van der Waals surface area contributed by atoms with Gasteiger partial charge in [-0.05, 0) is 39.3 Å². The molecule has 1 aliphatic rings. The van der Waals surface area contributed by atoms with Crippen LogP contribution in [0.25, 0.3) is 5.82 Å². The van der Waals surface area contributed by atoms with Gasteiger partial charge in [0.1, 0.15) is 28.9 Å². The molecule has 0 fully saturated rings. The number of ether oxygens (including phenoxy) is 1. The van der Waals surface area contributed by atoms with Crippen LogP contribution in [-0.2, 0) is 26.5 Å². The van der Waals surface area contributed by atoms with Crippen molar-refractivity contribution in [1.29, 1.82) is 0 Å². The number of amides is 1. The number of aryl methyl sites for hydroxylation is 1. The van der Waals surface area contributed by atoms with Gasteiger partial charge in [-0.3, -0.25) is 9.78 Å². The maximum atomic E-state index is 14.0. The van der Waals surface area contributed by atoms with Gasteiger partial charge in [-0.1, -0.05) is 11.6 Å². The molecule has 0 aliphatic carbocycles. The molecule has 4 rings (SSSR count). The van der Waals surface area contributed by atoms with E-state index in [9.17, 15) is 18.4 Å².